The summed E-state index contributed by atoms with van der Waals surface area (Å²) in [6.45, 7) is 6.04. The molecule has 0 aliphatic carbocycles. The fraction of sp³-hybridized carbons (Fsp3) is 0.700. The molecule has 3 nitrogen and oxygen atoms in total. The lowest BCUT2D eigenvalue weighted by molar-refractivity contribution is 0.463. The molecule has 138 valence electrons. The third-order valence-electron chi connectivity index (χ3n) is 4.74. The zero-order valence-corrected chi connectivity index (χ0v) is 16.4. The van der Waals surface area contributed by atoms with Gasteiger partial charge in [-0.1, -0.05) is 64.7 Å². The lowest BCUT2D eigenvalue weighted by atomic mass is 9.97. The summed E-state index contributed by atoms with van der Waals surface area (Å²) in [5, 5.41) is 0. The molecule has 0 heterocycles. The Kier molecular flexibility index (Phi) is 9.60. The second kappa shape index (κ2) is 10.9. The summed E-state index contributed by atoms with van der Waals surface area (Å²) >= 11 is 0. The SMILES string of the molecule is CCCCCCCCCCCCc1c(C)cc(S(=O)(=O)[O-])cc1C. The van der Waals surface area contributed by atoms with E-state index in [0.717, 1.165) is 24.0 Å². The minimum absolute atomic E-state index is 0.107. The van der Waals surface area contributed by atoms with Gasteiger partial charge >= 0.3 is 0 Å². The van der Waals surface area contributed by atoms with Crippen molar-refractivity contribution in [1.29, 1.82) is 0 Å². The van der Waals surface area contributed by atoms with E-state index in [-0.39, 0.29) is 4.90 Å². The van der Waals surface area contributed by atoms with Gasteiger partial charge in [0.05, 0.1) is 4.90 Å². The summed E-state index contributed by atoms with van der Waals surface area (Å²) in [6.07, 6.45) is 14.0. The first-order valence-corrected chi connectivity index (χ1v) is 10.8. The minimum atomic E-state index is -4.36. The molecule has 4 heteroatoms. The van der Waals surface area contributed by atoms with Crippen molar-refractivity contribution in [3.8, 4) is 0 Å². The number of hydrogen-bond donors (Lipinski definition) is 0. The van der Waals surface area contributed by atoms with Gasteiger partial charge in [-0.25, -0.2) is 8.42 Å². The van der Waals surface area contributed by atoms with E-state index in [4.69, 9.17) is 0 Å². The Bertz CT molecular complexity index is 568. The third-order valence-corrected chi connectivity index (χ3v) is 5.55. The maximum atomic E-state index is 11.1. The Morgan fingerprint density at radius 3 is 1.62 bits per heavy atom. The van der Waals surface area contributed by atoms with Crippen molar-refractivity contribution in [3.05, 3.63) is 28.8 Å². The zero-order chi connectivity index (χ0) is 18.0. The van der Waals surface area contributed by atoms with Gasteiger partial charge in [-0.15, -0.1) is 0 Å². The maximum Gasteiger partial charge on any atom is 0.124 e. The van der Waals surface area contributed by atoms with E-state index in [2.05, 4.69) is 6.92 Å². The van der Waals surface area contributed by atoms with E-state index in [1.165, 1.54) is 75.5 Å². The topological polar surface area (TPSA) is 57.2 Å². The highest BCUT2D eigenvalue weighted by Crippen LogP contribution is 2.22. The number of unbranched alkanes of at least 4 members (excludes halogenated alkanes) is 9. The molecule has 0 aromatic heterocycles. The Labute approximate surface area is 148 Å². The Morgan fingerprint density at radius 1 is 0.792 bits per heavy atom. The lowest BCUT2D eigenvalue weighted by Gasteiger charge is -2.14. The Hall–Kier alpha value is -0.870. The molecule has 0 saturated heterocycles. The monoisotopic (exact) mass is 353 g/mol. The normalized spacial score (nSPS) is 11.8. The molecular formula is C20H33O3S-. The van der Waals surface area contributed by atoms with Crippen molar-refractivity contribution in [2.24, 2.45) is 0 Å². The van der Waals surface area contributed by atoms with Crippen LogP contribution in [0.15, 0.2) is 17.0 Å². The van der Waals surface area contributed by atoms with Gasteiger partial charge in [0.1, 0.15) is 10.1 Å². The minimum Gasteiger partial charge on any atom is -0.744 e. The van der Waals surface area contributed by atoms with E-state index < -0.39 is 10.1 Å². The van der Waals surface area contributed by atoms with Gasteiger partial charge in [0, 0.05) is 0 Å². The molecular weight excluding hydrogens is 320 g/mol. The molecule has 0 aliphatic rings. The van der Waals surface area contributed by atoms with Gasteiger partial charge in [0.15, 0.2) is 0 Å². The predicted octanol–water partition coefficient (Wildman–Crippen LogP) is 5.67. The van der Waals surface area contributed by atoms with Crippen LogP contribution >= 0.6 is 0 Å². The summed E-state index contributed by atoms with van der Waals surface area (Å²) in [5.41, 5.74) is 3.03. The summed E-state index contributed by atoms with van der Waals surface area (Å²) in [4.78, 5) is -0.107. The fourth-order valence-electron chi connectivity index (χ4n) is 3.28. The summed E-state index contributed by atoms with van der Waals surface area (Å²) in [6, 6.07) is 3.03. The number of aryl methyl sites for hydroxylation is 2. The van der Waals surface area contributed by atoms with Crippen molar-refractivity contribution >= 4 is 10.1 Å². The van der Waals surface area contributed by atoms with E-state index in [1.807, 2.05) is 13.8 Å². The molecule has 0 N–H and O–H groups in total. The van der Waals surface area contributed by atoms with Crippen molar-refractivity contribution in [2.45, 2.75) is 96.3 Å². The van der Waals surface area contributed by atoms with Crippen LogP contribution in [-0.2, 0) is 16.5 Å². The van der Waals surface area contributed by atoms with E-state index in [1.54, 1.807) is 0 Å². The van der Waals surface area contributed by atoms with Crippen molar-refractivity contribution < 1.29 is 13.0 Å². The molecule has 0 radical (unpaired) electrons. The van der Waals surface area contributed by atoms with Crippen LogP contribution in [-0.4, -0.2) is 13.0 Å². The highest BCUT2D eigenvalue weighted by Gasteiger charge is 2.08. The molecule has 24 heavy (non-hydrogen) atoms. The predicted molar refractivity (Wildman–Crippen MR) is 99.4 cm³/mol. The molecule has 1 rings (SSSR count). The van der Waals surface area contributed by atoms with E-state index in [9.17, 15) is 13.0 Å². The van der Waals surface area contributed by atoms with Crippen LogP contribution < -0.4 is 0 Å². The Morgan fingerprint density at radius 2 is 1.21 bits per heavy atom. The van der Waals surface area contributed by atoms with Crippen molar-refractivity contribution in [1.82, 2.24) is 0 Å². The molecule has 0 atom stereocenters. The first-order chi connectivity index (χ1) is 11.4. The Balaban J connectivity index is 2.29. The van der Waals surface area contributed by atoms with Gasteiger partial charge < -0.3 is 4.55 Å². The first kappa shape index (κ1) is 21.2. The summed E-state index contributed by atoms with van der Waals surface area (Å²) in [7, 11) is -4.36. The molecule has 0 amide bonds. The van der Waals surface area contributed by atoms with Gasteiger partial charge in [0.2, 0.25) is 0 Å². The smallest absolute Gasteiger partial charge is 0.124 e. The van der Waals surface area contributed by atoms with Crippen molar-refractivity contribution in [2.75, 3.05) is 0 Å². The fourth-order valence-corrected chi connectivity index (χ4v) is 3.92. The van der Waals surface area contributed by atoms with Crippen LogP contribution in [0.2, 0.25) is 0 Å². The number of benzene rings is 1. The van der Waals surface area contributed by atoms with Crippen molar-refractivity contribution in [3.63, 3.8) is 0 Å². The van der Waals surface area contributed by atoms with Crippen LogP contribution in [0, 0.1) is 13.8 Å². The van der Waals surface area contributed by atoms with Crippen LogP contribution in [0.4, 0.5) is 0 Å². The van der Waals surface area contributed by atoms with Gasteiger partial charge in [-0.2, -0.15) is 0 Å². The van der Waals surface area contributed by atoms with Gasteiger partial charge in [-0.05, 0) is 55.5 Å². The first-order valence-electron chi connectivity index (χ1n) is 9.42. The molecule has 0 saturated carbocycles. The third kappa shape index (κ3) is 7.80. The summed E-state index contributed by atoms with van der Waals surface area (Å²) < 4.78 is 33.4. The molecule has 0 unspecified atom stereocenters. The number of hydrogen-bond acceptors (Lipinski definition) is 3. The van der Waals surface area contributed by atoms with Gasteiger partial charge in [0.25, 0.3) is 0 Å². The van der Waals surface area contributed by atoms with Gasteiger partial charge in [-0.3, -0.25) is 0 Å². The molecule has 0 spiro atoms. The zero-order valence-electron chi connectivity index (χ0n) is 15.6. The second-order valence-electron chi connectivity index (χ2n) is 6.92. The lowest BCUT2D eigenvalue weighted by Crippen LogP contribution is -2.03. The second-order valence-corrected chi connectivity index (χ2v) is 8.30. The van der Waals surface area contributed by atoms with E-state index in [0.29, 0.717) is 0 Å². The molecule has 1 aromatic carbocycles. The molecule has 0 fully saturated rings. The molecule has 0 aliphatic heterocycles. The van der Waals surface area contributed by atoms with E-state index >= 15 is 0 Å². The van der Waals surface area contributed by atoms with Crippen LogP contribution in [0.5, 0.6) is 0 Å². The highest BCUT2D eigenvalue weighted by molar-refractivity contribution is 7.85. The average Bonchev–Trinajstić information content (AvgIpc) is 2.50. The maximum absolute atomic E-state index is 11.1. The van der Waals surface area contributed by atoms with Crippen LogP contribution in [0.25, 0.3) is 0 Å². The van der Waals surface area contributed by atoms with Crippen LogP contribution in [0.1, 0.15) is 87.8 Å². The van der Waals surface area contributed by atoms with Crippen LogP contribution in [0.3, 0.4) is 0 Å². The number of rotatable bonds is 12. The molecule has 0 bridgehead atoms. The average molecular weight is 354 g/mol. The summed E-state index contributed by atoms with van der Waals surface area (Å²) in [5.74, 6) is 0. The molecule has 1 aromatic rings. The quantitative estimate of drug-likeness (QED) is 0.359. The largest absolute Gasteiger partial charge is 0.744 e. The standard InChI is InChI=1S/C20H34O3S/c1-4-5-6-7-8-9-10-11-12-13-14-20-17(2)15-19(16-18(20)3)24(21,22)23/h15-16H,4-14H2,1-3H3,(H,21,22,23)/p-1. The highest BCUT2D eigenvalue weighted by atomic mass is 32.2.